The number of carbonyl (C=O) groups is 1. The van der Waals surface area contributed by atoms with Crippen molar-refractivity contribution in [2.24, 2.45) is 0 Å². The van der Waals surface area contributed by atoms with Crippen LogP contribution in [0.4, 0.5) is 5.69 Å². The van der Waals surface area contributed by atoms with Crippen LogP contribution in [0.15, 0.2) is 48.5 Å². The Morgan fingerprint density at radius 3 is 2.44 bits per heavy atom. The highest BCUT2D eigenvalue weighted by Crippen LogP contribution is 2.19. The van der Waals surface area contributed by atoms with Crippen LogP contribution in [0.2, 0.25) is 5.02 Å². The molecule has 0 bridgehead atoms. The number of amides is 1. The highest BCUT2D eigenvalue weighted by molar-refractivity contribution is 6.30. The molecule has 3 aromatic rings. The first-order valence-corrected chi connectivity index (χ1v) is 8.32. The number of hydrogen-bond acceptors (Lipinski definition) is 4. The second-order valence-corrected chi connectivity index (χ2v) is 6.43. The topological polar surface area (TPSA) is 72.7 Å². The average molecular weight is 356 g/mol. The zero-order valence-corrected chi connectivity index (χ0v) is 14.7. The smallest absolute Gasteiger partial charge is 0.246 e. The van der Waals surface area contributed by atoms with E-state index >= 15 is 0 Å². The van der Waals surface area contributed by atoms with Gasteiger partial charge in [-0.3, -0.25) is 4.79 Å². The highest BCUT2D eigenvalue weighted by Gasteiger charge is 2.12. The first-order chi connectivity index (χ1) is 12.0. The van der Waals surface area contributed by atoms with Crippen molar-refractivity contribution in [1.82, 2.24) is 20.2 Å². The van der Waals surface area contributed by atoms with Gasteiger partial charge in [-0.05, 0) is 58.3 Å². The van der Waals surface area contributed by atoms with Gasteiger partial charge in [-0.25, -0.2) is 4.68 Å². The normalized spacial score (nSPS) is 10.9. The zero-order chi connectivity index (χ0) is 17.8. The Labute approximate surface area is 150 Å². The second kappa shape index (κ2) is 7.44. The van der Waals surface area contributed by atoms with Crippen LogP contribution in [0.5, 0.6) is 0 Å². The summed E-state index contributed by atoms with van der Waals surface area (Å²) >= 11 is 5.90. The lowest BCUT2D eigenvalue weighted by atomic mass is 10.0. The van der Waals surface area contributed by atoms with E-state index in [-0.39, 0.29) is 12.5 Å². The molecule has 1 aromatic heterocycles. The fourth-order valence-electron chi connectivity index (χ4n) is 2.40. The third kappa shape index (κ3) is 4.22. The SMILES string of the molecule is CC(C)c1ccc(NC(=O)Cn2nnnc2-c2ccc(Cl)cc2)cc1. The molecular weight excluding hydrogens is 338 g/mol. The summed E-state index contributed by atoms with van der Waals surface area (Å²) in [5.41, 5.74) is 2.77. The van der Waals surface area contributed by atoms with Crippen molar-refractivity contribution in [2.75, 3.05) is 5.32 Å². The average Bonchev–Trinajstić information content (AvgIpc) is 3.04. The van der Waals surface area contributed by atoms with Crippen LogP contribution in [0, 0.1) is 0 Å². The third-order valence-corrected chi connectivity index (χ3v) is 4.04. The van der Waals surface area contributed by atoms with Crippen LogP contribution in [0.1, 0.15) is 25.3 Å². The summed E-state index contributed by atoms with van der Waals surface area (Å²) in [5, 5.41) is 15.0. The highest BCUT2D eigenvalue weighted by atomic mass is 35.5. The molecule has 1 heterocycles. The molecule has 1 N–H and O–H groups in total. The quantitative estimate of drug-likeness (QED) is 0.756. The Hall–Kier alpha value is -2.73. The van der Waals surface area contributed by atoms with Crippen LogP contribution >= 0.6 is 11.6 Å². The maximum atomic E-state index is 12.3. The fraction of sp³-hybridized carbons (Fsp3) is 0.222. The molecule has 0 fully saturated rings. The van der Waals surface area contributed by atoms with Gasteiger partial charge < -0.3 is 5.32 Å². The maximum absolute atomic E-state index is 12.3. The number of nitrogens with zero attached hydrogens (tertiary/aromatic N) is 4. The first kappa shape index (κ1) is 17.1. The molecule has 0 unspecified atom stereocenters. The van der Waals surface area contributed by atoms with Crippen LogP contribution in [-0.4, -0.2) is 26.1 Å². The summed E-state index contributed by atoms with van der Waals surface area (Å²) in [6.45, 7) is 4.28. The van der Waals surface area contributed by atoms with Gasteiger partial charge in [0.15, 0.2) is 5.82 Å². The zero-order valence-electron chi connectivity index (χ0n) is 14.0. The van der Waals surface area contributed by atoms with Gasteiger partial charge in [-0.2, -0.15) is 0 Å². The number of anilines is 1. The van der Waals surface area contributed by atoms with Gasteiger partial charge in [-0.15, -0.1) is 5.10 Å². The monoisotopic (exact) mass is 355 g/mol. The molecule has 128 valence electrons. The number of benzene rings is 2. The van der Waals surface area contributed by atoms with Gasteiger partial charge in [0.25, 0.3) is 0 Å². The van der Waals surface area contributed by atoms with Crippen molar-refractivity contribution < 1.29 is 4.79 Å². The number of nitrogens with one attached hydrogen (secondary N) is 1. The number of aromatic nitrogens is 4. The van der Waals surface area contributed by atoms with Crippen molar-refractivity contribution in [3.8, 4) is 11.4 Å². The molecule has 0 aliphatic carbocycles. The molecule has 25 heavy (non-hydrogen) atoms. The largest absolute Gasteiger partial charge is 0.324 e. The fourth-order valence-corrected chi connectivity index (χ4v) is 2.53. The summed E-state index contributed by atoms with van der Waals surface area (Å²) in [4.78, 5) is 12.3. The number of rotatable bonds is 5. The van der Waals surface area contributed by atoms with Crippen LogP contribution in [-0.2, 0) is 11.3 Å². The van der Waals surface area contributed by atoms with E-state index in [0.717, 1.165) is 11.3 Å². The minimum Gasteiger partial charge on any atom is -0.324 e. The minimum atomic E-state index is -0.195. The van der Waals surface area contributed by atoms with E-state index in [1.807, 2.05) is 36.4 Å². The van der Waals surface area contributed by atoms with Crippen molar-refractivity contribution in [3.63, 3.8) is 0 Å². The van der Waals surface area contributed by atoms with Crippen molar-refractivity contribution in [3.05, 3.63) is 59.1 Å². The predicted molar refractivity (Wildman–Crippen MR) is 97.4 cm³/mol. The molecule has 3 rings (SSSR count). The minimum absolute atomic E-state index is 0.0247. The predicted octanol–water partition coefficient (Wildman–Crippen LogP) is 3.76. The molecule has 0 saturated heterocycles. The Bertz CT molecular complexity index is 856. The molecule has 0 spiro atoms. The van der Waals surface area contributed by atoms with Crippen molar-refractivity contribution >= 4 is 23.2 Å². The first-order valence-electron chi connectivity index (χ1n) is 7.95. The second-order valence-electron chi connectivity index (χ2n) is 5.99. The molecule has 0 atom stereocenters. The molecule has 0 aliphatic heterocycles. The lowest BCUT2D eigenvalue weighted by Gasteiger charge is -2.09. The standard InChI is InChI=1S/C18H18ClN5O/c1-12(2)13-5-9-16(10-6-13)20-17(25)11-24-18(21-22-23-24)14-3-7-15(19)8-4-14/h3-10,12H,11H2,1-2H3,(H,20,25). The van der Waals surface area contributed by atoms with Crippen LogP contribution in [0.3, 0.4) is 0 Å². The van der Waals surface area contributed by atoms with E-state index in [0.29, 0.717) is 16.8 Å². The van der Waals surface area contributed by atoms with E-state index in [4.69, 9.17) is 11.6 Å². The van der Waals surface area contributed by atoms with E-state index < -0.39 is 0 Å². The summed E-state index contributed by atoms with van der Waals surface area (Å²) < 4.78 is 1.46. The Morgan fingerprint density at radius 2 is 1.80 bits per heavy atom. The Balaban J connectivity index is 1.69. The van der Waals surface area contributed by atoms with Gasteiger partial charge in [0.2, 0.25) is 5.91 Å². The lowest BCUT2D eigenvalue weighted by Crippen LogP contribution is -2.20. The van der Waals surface area contributed by atoms with Gasteiger partial charge in [0, 0.05) is 16.3 Å². The number of hydrogen-bond donors (Lipinski definition) is 1. The van der Waals surface area contributed by atoms with Crippen LogP contribution in [0.25, 0.3) is 11.4 Å². The van der Waals surface area contributed by atoms with Gasteiger partial charge in [0.05, 0.1) is 0 Å². The number of halogens is 1. The molecule has 0 aliphatic rings. The molecule has 7 heteroatoms. The summed E-state index contributed by atoms with van der Waals surface area (Å²) in [6, 6.07) is 14.9. The molecule has 0 radical (unpaired) electrons. The van der Waals surface area contributed by atoms with E-state index in [2.05, 4.69) is 34.7 Å². The maximum Gasteiger partial charge on any atom is 0.246 e. The van der Waals surface area contributed by atoms with E-state index in [1.54, 1.807) is 12.1 Å². The molecular formula is C18H18ClN5O. The third-order valence-electron chi connectivity index (χ3n) is 3.79. The van der Waals surface area contributed by atoms with Crippen LogP contribution < -0.4 is 5.32 Å². The molecule has 1 amide bonds. The Morgan fingerprint density at radius 1 is 1.12 bits per heavy atom. The van der Waals surface area contributed by atoms with Gasteiger partial charge >= 0.3 is 0 Å². The van der Waals surface area contributed by atoms with Gasteiger partial charge in [0.1, 0.15) is 6.54 Å². The summed E-state index contributed by atoms with van der Waals surface area (Å²) in [6.07, 6.45) is 0. The number of tetrazole rings is 1. The van der Waals surface area contributed by atoms with Crippen molar-refractivity contribution in [1.29, 1.82) is 0 Å². The summed E-state index contributed by atoms with van der Waals surface area (Å²) in [5.74, 6) is 0.773. The Kier molecular flexibility index (Phi) is 5.09. The van der Waals surface area contributed by atoms with E-state index in [1.165, 1.54) is 10.2 Å². The lowest BCUT2D eigenvalue weighted by molar-refractivity contribution is -0.116. The molecule has 6 nitrogen and oxygen atoms in total. The number of carbonyl (C=O) groups excluding carboxylic acids is 1. The van der Waals surface area contributed by atoms with Crippen molar-refractivity contribution in [2.45, 2.75) is 26.3 Å². The molecule has 2 aromatic carbocycles. The van der Waals surface area contributed by atoms with Gasteiger partial charge in [-0.1, -0.05) is 37.6 Å². The van der Waals surface area contributed by atoms with E-state index in [9.17, 15) is 4.79 Å². The summed E-state index contributed by atoms with van der Waals surface area (Å²) in [7, 11) is 0. The molecule has 0 saturated carbocycles.